The summed E-state index contributed by atoms with van der Waals surface area (Å²) in [7, 11) is 0. The lowest BCUT2D eigenvalue weighted by molar-refractivity contribution is -0.139. The predicted molar refractivity (Wildman–Crippen MR) is 129 cm³/mol. The van der Waals surface area contributed by atoms with Crippen LogP contribution >= 0.6 is 0 Å². The number of rotatable bonds is 4. The molecule has 1 unspecified atom stereocenters. The van der Waals surface area contributed by atoms with E-state index in [1.54, 1.807) is 9.80 Å². The standard InChI is InChI=1S/C26H36F3N3O4/c1-24(2,3)36-23(35)31-12-9-25(10-13-31)16-30(17-25)15-18-7-8-19(26(27,28)29)14-21(18)32-11-5-4-6-20(32)22(33)34/h7-8,14,20H,4-6,9-13,15-17H2,1-3H3,(H,33,34). The number of carboxylic acid groups (broad SMARTS) is 1. The summed E-state index contributed by atoms with van der Waals surface area (Å²) >= 11 is 0. The van der Waals surface area contributed by atoms with Crippen LogP contribution in [0.5, 0.6) is 0 Å². The Bertz CT molecular complexity index is 976. The first kappa shape index (κ1) is 26.6. The molecular formula is C26H36F3N3O4. The van der Waals surface area contributed by atoms with Gasteiger partial charge in [-0.2, -0.15) is 13.2 Å². The number of likely N-dealkylation sites (tertiary alicyclic amines) is 2. The van der Waals surface area contributed by atoms with Crippen LogP contribution in [0.3, 0.4) is 0 Å². The zero-order valence-corrected chi connectivity index (χ0v) is 21.2. The highest BCUT2D eigenvalue weighted by Gasteiger charge is 2.46. The van der Waals surface area contributed by atoms with Gasteiger partial charge in [0.05, 0.1) is 5.56 Å². The first-order chi connectivity index (χ1) is 16.8. The van der Waals surface area contributed by atoms with Crippen LogP contribution in [0, 0.1) is 5.41 Å². The molecule has 1 aromatic rings. The van der Waals surface area contributed by atoms with E-state index in [9.17, 15) is 27.9 Å². The number of hydrogen-bond acceptors (Lipinski definition) is 5. The first-order valence-corrected chi connectivity index (χ1v) is 12.7. The molecule has 0 saturated carbocycles. The van der Waals surface area contributed by atoms with Crippen LogP contribution in [0.4, 0.5) is 23.7 Å². The zero-order valence-electron chi connectivity index (χ0n) is 21.2. The second-order valence-corrected chi connectivity index (χ2v) is 11.5. The molecule has 0 aliphatic carbocycles. The van der Waals surface area contributed by atoms with Crippen molar-refractivity contribution in [3.8, 4) is 0 Å². The van der Waals surface area contributed by atoms with Gasteiger partial charge in [0.1, 0.15) is 11.6 Å². The molecule has 3 aliphatic rings. The van der Waals surface area contributed by atoms with Gasteiger partial charge in [0.2, 0.25) is 0 Å². The summed E-state index contributed by atoms with van der Waals surface area (Å²) in [4.78, 5) is 29.8. The maximum absolute atomic E-state index is 13.5. The molecular weight excluding hydrogens is 475 g/mol. The molecule has 4 rings (SSSR count). The van der Waals surface area contributed by atoms with Crippen molar-refractivity contribution in [2.45, 2.75) is 77.2 Å². The molecule has 3 heterocycles. The fourth-order valence-electron chi connectivity index (χ4n) is 5.68. The molecule has 10 heteroatoms. The number of benzene rings is 1. The number of carbonyl (C=O) groups excluding carboxylic acids is 1. The summed E-state index contributed by atoms with van der Waals surface area (Å²) in [5.74, 6) is -1.00. The van der Waals surface area contributed by atoms with Crippen molar-refractivity contribution >= 4 is 17.7 Å². The molecule has 1 atom stereocenters. The Balaban J connectivity index is 1.43. The van der Waals surface area contributed by atoms with Crippen molar-refractivity contribution in [3.63, 3.8) is 0 Å². The molecule has 3 aliphatic heterocycles. The first-order valence-electron chi connectivity index (χ1n) is 12.7. The van der Waals surface area contributed by atoms with E-state index in [0.29, 0.717) is 38.3 Å². The summed E-state index contributed by atoms with van der Waals surface area (Å²) < 4.78 is 46.0. The summed E-state index contributed by atoms with van der Waals surface area (Å²) in [6, 6.07) is 2.89. The van der Waals surface area contributed by atoms with Gasteiger partial charge in [-0.25, -0.2) is 9.59 Å². The monoisotopic (exact) mass is 511 g/mol. The number of aliphatic carboxylic acids is 1. The highest BCUT2D eigenvalue weighted by atomic mass is 19.4. The van der Waals surface area contributed by atoms with Gasteiger partial charge in [0.25, 0.3) is 0 Å². The quantitative estimate of drug-likeness (QED) is 0.615. The maximum atomic E-state index is 13.5. The van der Waals surface area contributed by atoms with E-state index < -0.39 is 29.4 Å². The molecule has 3 fully saturated rings. The number of carbonyl (C=O) groups is 2. The van der Waals surface area contributed by atoms with E-state index in [1.807, 2.05) is 20.8 Å². The number of anilines is 1. The van der Waals surface area contributed by atoms with Crippen LogP contribution in [0.15, 0.2) is 18.2 Å². The SMILES string of the molecule is CC(C)(C)OC(=O)N1CCC2(CC1)CN(Cc1ccc(C(F)(F)F)cc1N1CCCCC1C(=O)O)C2. The van der Waals surface area contributed by atoms with Gasteiger partial charge in [-0.05, 0) is 76.0 Å². The molecule has 0 aromatic heterocycles. The lowest BCUT2D eigenvalue weighted by Gasteiger charge is -2.54. The average molecular weight is 512 g/mol. The van der Waals surface area contributed by atoms with E-state index in [2.05, 4.69) is 4.90 Å². The number of hydrogen-bond donors (Lipinski definition) is 1. The molecule has 0 bridgehead atoms. The third kappa shape index (κ3) is 5.90. The number of alkyl halides is 3. The van der Waals surface area contributed by atoms with E-state index in [4.69, 9.17) is 4.74 Å². The van der Waals surface area contributed by atoms with E-state index in [0.717, 1.165) is 56.5 Å². The lowest BCUT2D eigenvalue weighted by Crippen LogP contribution is -2.60. The molecule has 1 N–H and O–H groups in total. The van der Waals surface area contributed by atoms with Crippen molar-refractivity contribution in [2.24, 2.45) is 5.41 Å². The predicted octanol–water partition coefficient (Wildman–Crippen LogP) is 4.98. The molecule has 7 nitrogen and oxygen atoms in total. The third-order valence-electron chi connectivity index (χ3n) is 7.50. The zero-order chi connectivity index (χ0) is 26.3. The highest BCUT2D eigenvalue weighted by Crippen LogP contribution is 2.43. The topological polar surface area (TPSA) is 73.3 Å². The van der Waals surface area contributed by atoms with E-state index in [-0.39, 0.29) is 11.5 Å². The second kappa shape index (κ2) is 9.76. The van der Waals surface area contributed by atoms with Gasteiger partial charge in [-0.15, -0.1) is 0 Å². The van der Waals surface area contributed by atoms with Crippen LogP contribution < -0.4 is 4.90 Å². The van der Waals surface area contributed by atoms with Gasteiger partial charge >= 0.3 is 18.2 Å². The van der Waals surface area contributed by atoms with Gasteiger partial charge in [-0.3, -0.25) is 4.90 Å². The van der Waals surface area contributed by atoms with Gasteiger partial charge < -0.3 is 19.6 Å². The number of amides is 1. The van der Waals surface area contributed by atoms with Crippen molar-refractivity contribution < 1.29 is 32.6 Å². The van der Waals surface area contributed by atoms with Crippen LogP contribution in [0.2, 0.25) is 0 Å². The van der Waals surface area contributed by atoms with E-state index >= 15 is 0 Å². The number of ether oxygens (including phenoxy) is 1. The Kier molecular flexibility index (Phi) is 7.20. The Labute approximate surface area is 210 Å². The fourth-order valence-corrected chi connectivity index (χ4v) is 5.68. The van der Waals surface area contributed by atoms with Gasteiger partial charge in [0, 0.05) is 45.0 Å². The second-order valence-electron chi connectivity index (χ2n) is 11.5. The van der Waals surface area contributed by atoms with Crippen molar-refractivity contribution in [1.29, 1.82) is 0 Å². The normalized spacial score (nSPS) is 22.9. The number of piperidine rings is 2. The van der Waals surface area contributed by atoms with Crippen molar-refractivity contribution in [2.75, 3.05) is 37.6 Å². The summed E-state index contributed by atoms with van der Waals surface area (Å²) in [5.41, 5.74) is -0.105. The molecule has 36 heavy (non-hydrogen) atoms. The van der Waals surface area contributed by atoms with Gasteiger partial charge in [-0.1, -0.05) is 6.07 Å². The number of halogens is 3. The molecule has 1 amide bonds. The minimum atomic E-state index is -4.50. The van der Waals surface area contributed by atoms with Crippen LogP contribution in [-0.2, 0) is 22.3 Å². The van der Waals surface area contributed by atoms with Crippen LogP contribution in [-0.4, -0.2) is 71.3 Å². The minimum Gasteiger partial charge on any atom is -0.480 e. The summed E-state index contributed by atoms with van der Waals surface area (Å²) in [6.45, 7) is 9.29. The van der Waals surface area contributed by atoms with Crippen molar-refractivity contribution in [3.05, 3.63) is 29.3 Å². The third-order valence-corrected chi connectivity index (χ3v) is 7.50. The Morgan fingerprint density at radius 3 is 2.33 bits per heavy atom. The fraction of sp³-hybridized carbons (Fsp3) is 0.692. The van der Waals surface area contributed by atoms with Crippen molar-refractivity contribution in [1.82, 2.24) is 9.80 Å². The minimum absolute atomic E-state index is 0.0965. The largest absolute Gasteiger partial charge is 0.480 e. The van der Waals surface area contributed by atoms with Crippen LogP contribution in [0.25, 0.3) is 0 Å². The Morgan fingerprint density at radius 1 is 1.08 bits per heavy atom. The number of nitrogens with zero attached hydrogens (tertiary/aromatic N) is 3. The summed E-state index contributed by atoms with van der Waals surface area (Å²) in [5, 5.41) is 9.71. The smallest absolute Gasteiger partial charge is 0.416 e. The average Bonchev–Trinajstić information content (AvgIpc) is 2.77. The highest BCUT2D eigenvalue weighted by molar-refractivity contribution is 5.79. The summed E-state index contributed by atoms with van der Waals surface area (Å²) in [6.07, 6.45) is -1.16. The Morgan fingerprint density at radius 2 is 1.75 bits per heavy atom. The molecule has 1 spiro atoms. The molecule has 1 aromatic carbocycles. The van der Waals surface area contributed by atoms with Crippen LogP contribution in [0.1, 0.15) is 64.0 Å². The molecule has 3 saturated heterocycles. The molecule has 200 valence electrons. The van der Waals surface area contributed by atoms with E-state index in [1.165, 1.54) is 6.07 Å². The number of carboxylic acids is 1. The van der Waals surface area contributed by atoms with Gasteiger partial charge in [0.15, 0.2) is 0 Å². The Hall–Kier alpha value is -2.49. The maximum Gasteiger partial charge on any atom is 0.416 e. The molecule has 0 radical (unpaired) electrons. The lowest BCUT2D eigenvalue weighted by atomic mass is 9.72.